The van der Waals surface area contributed by atoms with Gasteiger partial charge in [0.2, 0.25) is 11.8 Å². The van der Waals surface area contributed by atoms with Gasteiger partial charge in [0.1, 0.15) is 0 Å². The van der Waals surface area contributed by atoms with E-state index in [1.54, 1.807) is 4.90 Å². The molecule has 1 saturated carbocycles. The Hall–Kier alpha value is -2.73. The molecular formula is C24H25N3O2S. The molecule has 0 spiro atoms. The van der Waals surface area contributed by atoms with E-state index >= 15 is 0 Å². The van der Waals surface area contributed by atoms with Crippen LogP contribution in [0.4, 0.5) is 10.8 Å². The average Bonchev–Trinajstić information content (AvgIpc) is 3.48. The van der Waals surface area contributed by atoms with E-state index in [1.807, 2.05) is 60.4 Å². The molecule has 1 aliphatic carbocycles. The van der Waals surface area contributed by atoms with Gasteiger partial charge in [-0.05, 0) is 43.5 Å². The minimum atomic E-state index is -0.329. The Balaban J connectivity index is 1.51. The second-order valence-corrected chi connectivity index (χ2v) is 9.32. The zero-order chi connectivity index (χ0) is 20.7. The lowest BCUT2D eigenvalue weighted by atomic mass is 10.1. The number of nitrogens with zero attached hydrogens (tertiary/aromatic N) is 3. The monoisotopic (exact) mass is 419 g/mol. The third-order valence-electron chi connectivity index (χ3n) is 6.32. The van der Waals surface area contributed by atoms with Crippen LogP contribution in [-0.2, 0) is 9.59 Å². The Kier molecular flexibility index (Phi) is 5.03. The Morgan fingerprint density at radius 1 is 1.10 bits per heavy atom. The van der Waals surface area contributed by atoms with Crippen molar-refractivity contribution in [1.29, 1.82) is 0 Å². The Labute approximate surface area is 180 Å². The van der Waals surface area contributed by atoms with Gasteiger partial charge in [0.15, 0.2) is 5.13 Å². The molecule has 2 aromatic carbocycles. The Morgan fingerprint density at radius 2 is 1.83 bits per heavy atom. The maximum absolute atomic E-state index is 13.8. The van der Waals surface area contributed by atoms with Crippen LogP contribution in [0.25, 0.3) is 10.2 Å². The van der Waals surface area contributed by atoms with E-state index in [1.165, 1.54) is 24.2 Å². The van der Waals surface area contributed by atoms with Gasteiger partial charge in [0.25, 0.3) is 0 Å². The van der Waals surface area contributed by atoms with Crippen LogP contribution in [0.15, 0.2) is 48.5 Å². The standard InChI is InChI=1S/C24H25N3O2S/c1-16-8-2-6-12-20(16)27(24-25-19-11-5-7-13-21(19)30-24)23(29)17-14-22(28)26(15-17)18-9-3-4-10-18/h2,5-8,11-13,17-18H,3-4,9-10,14-15H2,1H3/t17-/m0/s1. The molecule has 2 amide bonds. The zero-order valence-electron chi connectivity index (χ0n) is 17.1. The van der Waals surface area contributed by atoms with Crippen molar-refractivity contribution >= 4 is 44.2 Å². The van der Waals surface area contributed by atoms with Gasteiger partial charge in [0, 0.05) is 19.0 Å². The number of fused-ring (bicyclic) bond motifs is 1. The molecule has 2 aliphatic rings. The zero-order valence-corrected chi connectivity index (χ0v) is 17.9. The summed E-state index contributed by atoms with van der Waals surface area (Å²) in [6.45, 7) is 2.53. The minimum Gasteiger partial charge on any atom is -0.339 e. The van der Waals surface area contributed by atoms with E-state index in [4.69, 9.17) is 4.98 Å². The van der Waals surface area contributed by atoms with Gasteiger partial charge < -0.3 is 4.90 Å². The maximum Gasteiger partial charge on any atom is 0.238 e. The van der Waals surface area contributed by atoms with E-state index in [2.05, 4.69) is 0 Å². The molecule has 2 heterocycles. The van der Waals surface area contributed by atoms with E-state index in [0.29, 0.717) is 24.1 Å². The molecule has 1 aliphatic heterocycles. The maximum atomic E-state index is 13.8. The molecule has 1 aromatic heterocycles. The second-order valence-electron chi connectivity index (χ2n) is 8.31. The van der Waals surface area contributed by atoms with Crippen LogP contribution in [-0.4, -0.2) is 34.3 Å². The number of carbonyl (C=O) groups is 2. The normalized spacial score (nSPS) is 19.7. The summed E-state index contributed by atoms with van der Waals surface area (Å²) in [4.78, 5) is 35.0. The van der Waals surface area contributed by atoms with Crippen LogP contribution in [0.2, 0.25) is 0 Å². The largest absolute Gasteiger partial charge is 0.339 e. The summed E-state index contributed by atoms with van der Waals surface area (Å²) in [7, 11) is 0. The molecule has 0 radical (unpaired) electrons. The highest BCUT2D eigenvalue weighted by atomic mass is 32.1. The van der Waals surface area contributed by atoms with Crippen molar-refractivity contribution in [3.8, 4) is 0 Å². The van der Waals surface area contributed by atoms with Gasteiger partial charge in [0.05, 0.1) is 21.8 Å². The number of anilines is 2. The number of benzene rings is 2. The third kappa shape index (κ3) is 3.39. The predicted octanol–water partition coefficient (Wildman–Crippen LogP) is 5.06. The fourth-order valence-electron chi connectivity index (χ4n) is 4.73. The fraction of sp³-hybridized carbons (Fsp3) is 0.375. The summed E-state index contributed by atoms with van der Waals surface area (Å²) in [5.74, 6) is -0.240. The number of rotatable bonds is 4. The first-order valence-corrected chi connectivity index (χ1v) is 11.5. The minimum absolute atomic E-state index is 0.0304. The first-order chi connectivity index (χ1) is 14.6. The van der Waals surface area contributed by atoms with E-state index in [0.717, 1.165) is 34.3 Å². The first kappa shape index (κ1) is 19.2. The first-order valence-electron chi connectivity index (χ1n) is 10.7. The smallest absolute Gasteiger partial charge is 0.238 e. The van der Waals surface area contributed by atoms with Crippen molar-refractivity contribution in [3.63, 3.8) is 0 Å². The van der Waals surface area contributed by atoms with Crippen LogP contribution >= 0.6 is 11.3 Å². The summed E-state index contributed by atoms with van der Waals surface area (Å²) >= 11 is 1.52. The highest BCUT2D eigenvalue weighted by Crippen LogP contribution is 2.38. The van der Waals surface area contributed by atoms with Crippen LogP contribution in [0.1, 0.15) is 37.7 Å². The average molecular weight is 420 g/mol. The summed E-state index contributed by atoms with van der Waals surface area (Å²) in [5.41, 5.74) is 2.74. The molecule has 1 saturated heterocycles. The predicted molar refractivity (Wildman–Crippen MR) is 120 cm³/mol. The van der Waals surface area contributed by atoms with Gasteiger partial charge in [-0.2, -0.15) is 0 Å². The molecule has 2 fully saturated rings. The molecular weight excluding hydrogens is 394 g/mol. The SMILES string of the molecule is Cc1ccccc1N(C(=O)[C@H]1CC(=O)N(C2CCCC2)C1)c1nc2ccccc2s1. The van der Waals surface area contributed by atoms with Gasteiger partial charge in [-0.25, -0.2) is 4.98 Å². The number of para-hydroxylation sites is 2. The summed E-state index contributed by atoms with van der Waals surface area (Å²) < 4.78 is 1.05. The lowest BCUT2D eigenvalue weighted by Crippen LogP contribution is -2.37. The topological polar surface area (TPSA) is 53.5 Å². The number of likely N-dealkylation sites (tertiary alicyclic amines) is 1. The molecule has 5 nitrogen and oxygen atoms in total. The summed E-state index contributed by atoms with van der Waals surface area (Å²) in [6, 6.07) is 16.1. The number of amides is 2. The van der Waals surface area contributed by atoms with Crippen molar-refractivity contribution in [2.45, 2.75) is 45.1 Å². The quantitative estimate of drug-likeness (QED) is 0.594. The molecule has 0 N–H and O–H groups in total. The number of hydrogen-bond acceptors (Lipinski definition) is 4. The number of aromatic nitrogens is 1. The highest BCUT2D eigenvalue weighted by Gasteiger charge is 2.41. The van der Waals surface area contributed by atoms with Gasteiger partial charge in [-0.1, -0.05) is 54.5 Å². The van der Waals surface area contributed by atoms with Gasteiger partial charge in [-0.3, -0.25) is 14.5 Å². The van der Waals surface area contributed by atoms with Crippen LogP contribution in [0.5, 0.6) is 0 Å². The number of aryl methyl sites for hydroxylation is 1. The number of carbonyl (C=O) groups excluding carboxylic acids is 2. The van der Waals surface area contributed by atoms with Crippen molar-refractivity contribution < 1.29 is 9.59 Å². The Bertz CT molecular complexity index is 1070. The lowest BCUT2D eigenvalue weighted by molar-refractivity contribution is -0.130. The van der Waals surface area contributed by atoms with E-state index in [-0.39, 0.29) is 17.7 Å². The summed E-state index contributed by atoms with van der Waals surface area (Å²) in [5, 5.41) is 0.669. The molecule has 5 rings (SSSR count). The third-order valence-corrected chi connectivity index (χ3v) is 7.35. The van der Waals surface area contributed by atoms with Crippen molar-refractivity contribution in [2.75, 3.05) is 11.4 Å². The number of hydrogen-bond donors (Lipinski definition) is 0. The van der Waals surface area contributed by atoms with Crippen molar-refractivity contribution in [1.82, 2.24) is 9.88 Å². The van der Waals surface area contributed by atoms with Gasteiger partial charge in [-0.15, -0.1) is 0 Å². The van der Waals surface area contributed by atoms with Crippen LogP contribution < -0.4 is 4.90 Å². The Morgan fingerprint density at radius 3 is 2.60 bits per heavy atom. The van der Waals surface area contributed by atoms with E-state index in [9.17, 15) is 9.59 Å². The molecule has 0 unspecified atom stereocenters. The molecule has 154 valence electrons. The lowest BCUT2D eigenvalue weighted by Gasteiger charge is -2.26. The van der Waals surface area contributed by atoms with Crippen molar-refractivity contribution in [3.05, 3.63) is 54.1 Å². The molecule has 1 atom stereocenters. The fourth-order valence-corrected chi connectivity index (χ4v) is 5.72. The molecule has 3 aromatic rings. The molecule has 6 heteroatoms. The highest BCUT2D eigenvalue weighted by molar-refractivity contribution is 7.22. The number of thiazole rings is 1. The van der Waals surface area contributed by atoms with Gasteiger partial charge >= 0.3 is 0 Å². The van der Waals surface area contributed by atoms with Crippen LogP contribution in [0, 0.1) is 12.8 Å². The summed E-state index contributed by atoms with van der Waals surface area (Å²) in [6.07, 6.45) is 4.77. The van der Waals surface area contributed by atoms with Crippen LogP contribution in [0.3, 0.4) is 0 Å². The molecule has 0 bridgehead atoms. The van der Waals surface area contributed by atoms with Crippen molar-refractivity contribution in [2.24, 2.45) is 5.92 Å². The van der Waals surface area contributed by atoms with E-state index < -0.39 is 0 Å². The second kappa shape index (κ2) is 7.84. The molecule has 30 heavy (non-hydrogen) atoms.